The number of aliphatic hydroxyl groups excluding tert-OH is 1. The van der Waals surface area contributed by atoms with Crippen LogP contribution in [-0.2, 0) is 4.79 Å². The van der Waals surface area contributed by atoms with Crippen LogP contribution < -0.4 is 15.8 Å². The van der Waals surface area contributed by atoms with Crippen LogP contribution in [0.1, 0.15) is 31.7 Å². The van der Waals surface area contributed by atoms with Crippen molar-refractivity contribution in [2.45, 2.75) is 32.3 Å². The first-order valence-corrected chi connectivity index (χ1v) is 11.5. The van der Waals surface area contributed by atoms with Gasteiger partial charge in [0.1, 0.15) is 29.5 Å². The molecule has 0 radical (unpaired) electrons. The normalized spacial score (nSPS) is 14.8. The summed E-state index contributed by atoms with van der Waals surface area (Å²) < 4.78 is 5.77. The average Bonchev–Trinajstić information content (AvgIpc) is 2.89. The number of aliphatic hydroxyl groups is 1. The number of carbonyl (C=O) groups excluding carboxylic acids is 1. The van der Waals surface area contributed by atoms with Gasteiger partial charge in [-0.05, 0) is 54.8 Å². The maximum atomic E-state index is 11.1. The number of nitrogens with two attached hydrogens (primary N) is 1. The number of aromatic nitrogens is 2. The third-order valence-electron chi connectivity index (χ3n) is 5.53. The Morgan fingerprint density at radius 1 is 1.20 bits per heavy atom. The molecule has 3 aromatic rings. The van der Waals surface area contributed by atoms with Gasteiger partial charge in [-0.1, -0.05) is 19.1 Å². The molecule has 0 spiro atoms. The van der Waals surface area contributed by atoms with Crippen LogP contribution in [0, 0.1) is 11.3 Å². The zero-order chi connectivity index (χ0) is 25.2. The largest absolute Gasteiger partial charge is 0.457 e. The molecule has 1 fully saturated rings. The van der Waals surface area contributed by atoms with Gasteiger partial charge in [-0.25, -0.2) is 9.97 Å². The van der Waals surface area contributed by atoms with E-state index in [-0.39, 0.29) is 12.0 Å². The first-order valence-electron chi connectivity index (χ1n) is 11.5. The second-order valence-corrected chi connectivity index (χ2v) is 7.98. The molecule has 0 saturated carbocycles. The van der Waals surface area contributed by atoms with Gasteiger partial charge in [-0.15, -0.1) is 0 Å². The minimum Gasteiger partial charge on any atom is -0.457 e. The molecule has 1 aliphatic heterocycles. The zero-order valence-corrected chi connectivity index (χ0v) is 19.9. The van der Waals surface area contributed by atoms with Gasteiger partial charge in [0.05, 0.1) is 23.3 Å². The highest BCUT2D eigenvalue weighted by Gasteiger charge is 2.20. The minimum absolute atomic E-state index is 0.156. The van der Waals surface area contributed by atoms with E-state index >= 15 is 0 Å². The van der Waals surface area contributed by atoms with Crippen LogP contribution in [-0.4, -0.2) is 52.1 Å². The molecule has 1 unspecified atom stereocenters. The number of piperidine rings is 1. The number of hydrogen-bond donors (Lipinski definition) is 3. The molecule has 4 rings (SSSR count). The number of amides is 1. The third-order valence-corrected chi connectivity index (χ3v) is 5.53. The summed E-state index contributed by atoms with van der Waals surface area (Å²) in [6, 6.07) is 16.5. The summed E-state index contributed by atoms with van der Waals surface area (Å²) in [7, 11) is 1.79. The summed E-state index contributed by atoms with van der Waals surface area (Å²) in [5, 5.41) is 21.0. The Hall–Kier alpha value is -4.16. The van der Waals surface area contributed by atoms with Crippen LogP contribution in [0.4, 0.5) is 11.6 Å². The van der Waals surface area contributed by atoms with E-state index in [2.05, 4.69) is 21.4 Å². The molecule has 2 aromatic carbocycles. The van der Waals surface area contributed by atoms with Gasteiger partial charge >= 0.3 is 0 Å². The monoisotopic (exact) mass is 474 g/mol. The van der Waals surface area contributed by atoms with E-state index in [0.29, 0.717) is 41.7 Å². The number of carbonyl (C=O) groups is 1. The van der Waals surface area contributed by atoms with Gasteiger partial charge in [0.15, 0.2) is 0 Å². The molecule has 1 amide bonds. The number of anilines is 2. The first-order chi connectivity index (χ1) is 16.9. The summed E-state index contributed by atoms with van der Waals surface area (Å²) in [5.74, 6) is 2.59. The molecule has 2 heterocycles. The van der Waals surface area contributed by atoms with Gasteiger partial charge in [0.2, 0.25) is 5.91 Å². The number of ether oxygens (including phenoxy) is 1. The van der Waals surface area contributed by atoms with Crippen molar-refractivity contribution in [3.05, 3.63) is 60.4 Å². The Morgan fingerprint density at radius 3 is 2.43 bits per heavy atom. The fraction of sp³-hybridized carbons (Fsp3) is 0.308. The highest BCUT2D eigenvalue weighted by Crippen LogP contribution is 2.32. The van der Waals surface area contributed by atoms with E-state index in [0.717, 1.165) is 30.5 Å². The number of likely N-dealkylation sites (tertiary alicyclic amines) is 1. The minimum atomic E-state index is -0.292. The highest BCUT2D eigenvalue weighted by atomic mass is 16.5. The fourth-order valence-corrected chi connectivity index (χ4v) is 3.70. The van der Waals surface area contributed by atoms with Crippen LogP contribution in [0.5, 0.6) is 11.5 Å². The Balaban J connectivity index is 0.000000261. The average molecular weight is 475 g/mol. The molecule has 0 bridgehead atoms. The van der Waals surface area contributed by atoms with Gasteiger partial charge in [0, 0.05) is 26.6 Å². The van der Waals surface area contributed by atoms with Gasteiger partial charge in [-0.2, -0.15) is 5.26 Å². The lowest BCUT2D eigenvalue weighted by molar-refractivity contribution is -0.133. The smallest absolute Gasteiger partial charge is 0.222 e. The summed E-state index contributed by atoms with van der Waals surface area (Å²) in [4.78, 5) is 21.1. The van der Waals surface area contributed by atoms with Crippen molar-refractivity contribution < 1.29 is 14.6 Å². The molecular weight excluding hydrogens is 444 g/mol. The number of nitrogens with zero attached hydrogens (tertiary/aromatic N) is 4. The molecule has 1 atom stereocenters. The van der Waals surface area contributed by atoms with Crippen molar-refractivity contribution in [3.8, 4) is 28.7 Å². The second-order valence-electron chi connectivity index (χ2n) is 7.98. The van der Waals surface area contributed by atoms with E-state index in [9.17, 15) is 9.90 Å². The number of benzene rings is 2. The van der Waals surface area contributed by atoms with E-state index < -0.39 is 0 Å². The highest BCUT2D eigenvalue weighted by molar-refractivity contribution is 5.83. The molecule has 9 nitrogen and oxygen atoms in total. The molecule has 0 aliphatic carbocycles. The van der Waals surface area contributed by atoms with Crippen molar-refractivity contribution in [2.75, 3.05) is 31.2 Å². The summed E-state index contributed by atoms with van der Waals surface area (Å²) >= 11 is 0. The number of nitriles is 1. The summed E-state index contributed by atoms with van der Waals surface area (Å²) in [6.07, 6.45) is 3.46. The van der Waals surface area contributed by atoms with Crippen LogP contribution in [0.25, 0.3) is 11.1 Å². The second kappa shape index (κ2) is 12.3. The van der Waals surface area contributed by atoms with Crippen molar-refractivity contribution >= 4 is 17.5 Å². The van der Waals surface area contributed by atoms with Crippen molar-refractivity contribution in [1.29, 1.82) is 5.26 Å². The predicted molar refractivity (Wildman–Crippen MR) is 135 cm³/mol. The lowest BCUT2D eigenvalue weighted by atomic mass is 10.1. The zero-order valence-electron chi connectivity index (χ0n) is 19.9. The molecule has 35 heavy (non-hydrogen) atoms. The predicted octanol–water partition coefficient (Wildman–Crippen LogP) is 3.81. The molecule has 182 valence electrons. The lowest BCUT2D eigenvalue weighted by Gasteiger charge is -2.29. The third kappa shape index (κ3) is 6.91. The van der Waals surface area contributed by atoms with Gasteiger partial charge in [0.25, 0.3) is 0 Å². The molecule has 1 saturated heterocycles. The quantitative estimate of drug-likeness (QED) is 0.508. The summed E-state index contributed by atoms with van der Waals surface area (Å²) in [6.45, 7) is 3.21. The summed E-state index contributed by atoms with van der Waals surface area (Å²) in [5.41, 5.74) is 8.21. The van der Waals surface area contributed by atoms with Crippen LogP contribution in [0.15, 0.2) is 54.9 Å². The van der Waals surface area contributed by atoms with E-state index in [1.54, 1.807) is 36.2 Å². The fourth-order valence-electron chi connectivity index (χ4n) is 3.70. The van der Waals surface area contributed by atoms with Gasteiger partial charge in [-0.3, -0.25) is 4.79 Å². The van der Waals surface area contributed by atoms with Crippen molar-refractivity contribution in [1.82, 2.24) is 14.9 Å². The topological polar surface area (TPSA) is 137 Å². The van der Waals surface area contributed by atoms with Crippen molar-refractivity contribution in [2.24, 2.45) is 0 Å². The molecule has 1 aromatic heterocycles. The Kier molecular flexibility index (Phi) is 8.98. The number of hydrogen-bond acceptors (Lipinski definition) is 8. The lowest BCUT2D eigenvalue weighted by Crippen LogP contribution is -2.41. The Morgan fingerprint density at radius 2 is 1.86 bits per heavy atom. The molecule has 1 aliphatic rings. The first kappa shape index (κ1) is 25.5. The molecule has 4 N–H and O–H groups in total. The maximum Gasteiger partial charge on any atom is 0.222 e. The van der Waals surface area contributed by atoms with E-state index in [1.807, 2.05) is 31.2 Å². The molecular formula is C26H30N6O3. The van der Waals surface area contributed by atoms with Crippen LogP contribution in [0.2, 0.25) is 0 Å². The van der Waals surface area contributed by atoms with Crippen LogP contribution >= 0.6 is 0 Å². The number of β-amino-alcohol motifs (C(OH)–C–C–N with tert-alkyl or cyclic N) is 1. The Labute approximate surface area is 205 Å². The van der Waals surface area contributed by atoms with Crippen molar-refractivity contribution in [3.63, 3.8) is 0 Å². The maximum absolute atomic E-state index is 11.1. The van der Waals surface area contributed by atoms with Crippen LogP contribution in [0.3, 0.4) is 0 Å². The SMILES string of the molecule is CCC(=O)N1CCCC(O)C1.CNc1ncnc(N)c1-c1ccc(Oc2ccc(C#N)cc2)cc1. The van der Waals surface area contributed by atoms with Gasteiger partial charge < -0.3 is 25.8 Å². The number of rotatable bonds is 5. The Bertz CT molecular complexity index is 1160. The molecule has 9 heteroatoms. The van der Waals surface area contributed by atoms with E-state index in [4.69, 9.17) is 15.7 Å². The number of nitrogens with one attached hydrogen (secondary N) is 1. The van der Waals surface area contributed by atoms with E-state index in [1.165, 1.54) is 6.33 Å². The standard InChI is InChI=1S/C18H15N5O.C8H15NO2/c1-21-18-16(17(20)22-11-23-18)13-4-8-15(9-5-13)24-14-6-2-12(10-19)3-7-14;1-2-8(11)9-5-3-4-7(10)6-9/h2-9,11H,1H3,(H3,20,21,22,23);7,10H,2-6H2,1H3. The number of nitrogen functional groups attached to an aromatic ring is 1.